The lowest BCUT2D eigenvalue weighted by Crippen LogP contribution is -2.32. The lowest BCUT2D eigenvalue weighted by molar-refractivity contribution is -0.117. The van der Waals surface area contributed by atoms with Crippen molar-refractivity contribution < 1.29 is 4.79 Å². The molecular weight excluding hydrogens is 200 g/mol. The summed E-state index contributed by atoms with van der Waals surface area (Å²) in [5.41, 5.74) is 2.23. The highest BCUT2D eigenvalue weighted by Gasteiger charge is 2.29. The minimum atomic E-state index is 0.217. The quantitative estimate of drug-likeness (QED) is 0.837. The van der Waals surface area contributed by atoms with Crippen LogP contribution in [0.5, 0.6) is 0 Å². The summed E-state index contributed by atoms with van der Waals surface area (Å²) < 4.78 is 0. The summed E-state index contributed by atoms with van der Waals surface area (Å²) in [7, 11) is 0. The van der Waals surface area contributed by atoms with Crippen LogP contribution in [0.25, 0.3) is 0 Å². The van der Waals surface area contributed by atoms with Crippen LogP contribution in [0.15, 0.2) is 24.3 Å². The molecule has 3 nitrogen and oxygen atoms in total. The number of amides is 1. The molecule has 1 atom stereocenters. The Morgan fingerprint density at radius 2 is 2.06 bits per heavy atom. The fourth-order valence-electron chi connectivity index (χ4n) is 2.11. The van der Waals surface area contributed by atoms with E-state index in [4.69, 9.17) is 0 Å². The van der Waals surface area contributed by atoms with Gasteiger partial charge < -0.3 is 10.2 Å². The van der Waals surface area contributed by atoms with Crippen LogP contribution in [0.3, 0.4) is 0 Å². The van der Waals surface area contributed by atoms with Crippen molar-refractivity contribution in [2.24, 2.45) is 0 Å². The molecule has 16 heavy (non-hydrogen) atoms. The van der Waals surface area contributed by atoms with Crippen LogP contribution in [0.4, 0.5) is 5.69 Å². The van der Waals surface area contributed by atoms with Gasteiger partial charge in [0.25, 0.3) is 0 Å². The van der Waals surface area contributed by atoms with E-state index in [1.165, 1.54) is 5.56 Å². The first-order valence-electron chi connectivity index (χ1n) is 5.81. The number of hydrogen-bond acceptors (Lipinski definition) is 2. The average Bonchev–Trinajstić information content (AvgIpc) is 2.61. The topological polar surface area (TPSA) is 32.3 Å². The van der Waals surface area contributed by atoms with Crippen molar-refractivity contribution in [1.82, 2.24) is 5.32 Å². The molecule has 0 bridgehead atoms. The number of nitrogens with zero attached hydrogens (tertiary/aromatic N) is 1. The lowest BCUT2D eigenvalue weighted by Gasteiger charge is -2.17. The van der Waals surface area contributed by atoms with Crippen LogP contribution in [0.2, 0.25) is 0 Å². The zero-order valence-electron chi connectivity index (χ0n) is 9.86. The smallest absolute Gasteiger partial charge is 0.228 e. The number of benzene rings is 1. The minimum absolute atomic E-state index is 0.217. The molecular formula is C13H18N2O. The van der Waals surface area contributed by atoms with Gasteiger partial charge in [0, 0.05) is 24.7 Å². The first-order chi connectivity index (χ1) is 7.70. The Labute approximate surface area is 96.5 Å². The molecule has 1 aliphatic rings. The second-order valence-electron chi connectivity index (χ2n) is 4.30. The van der Waals surface area contributed by atoms with E-state index >= 15 is 0 Å². The maximum absolute atomic E-state index is 11.8. The molecule has 1 unspecified atom stereocenters. The van der Waals surface area contributed by atoms with Gasteiger partial charge in [-0.25, -0.2) is 0 Å². The molecule has 0 radical (unpaired) electrons. The van der Waals surface area contributed by atoms with Gasteiger partial charge in [-0.15, -0.1) is 0 Å². The van der Waals surface area contributed by atoms with Crippen molar-refractivity contribution in [1.29, 1.82) is 0 Å². The second kappa shape index (κ2) is 4.66. The molecule has 86 valence electrons. The van der Waals surface area contributed by atoms with Crippen molar-refractivity contribution >= 4 is 11.6 Å². The summed E-state index contributed by atoms with van der Waals surface area (Å²) in [4.78, 5) is 13.7. The number of likely N-dealkylation sites (N-methyl/N-ethyl adjacent to an activating group) is 1. The third-order valence-corrected chi connectivity index (χ3v) is 2.96. The third kappa shape index (κ3) is 2.25. The number of nitrogens with one attached hydrogen (secondary N) is 1. The van der Waals surface area contributed by atoms with Gasteiger partial charge in [0.05, 0.1) is 0 Å². The predicted octanol–water partition coefficient (Wildman–Crippen LogP) is 1.71. The first-order valence-corrected chi connectivity index (χ1v) is 5.81. The zero-order chi connectivity index (χ0) is 11.5. The number of aryl methyl sites for hydroxylation is 1. The third-order valence-electron chi connectivity index (χ3n) is 2.96. The molecule has 1 saturated heterocycles. The largest absolute Gasteiger partial charge is 0.312 e. The molecule has 1 heterocycles. The van der Waals surface area contributed by atoms with E-state index in [0.717, 1.165) is 18.8 Å². The van der Waals surface area contributed by atoms with Crippen molar-refractivity contribution in [3.63, 3.8) is 0 Å². The fraction of sp³-hybridized carbons (Fsp3) is 0.462. The Hall–Kier alpha value is -1.35. The highest BCUT2D eigenvalue weighted by molar-refractivity contribution is 5.96. The van der Waals surface area contributed by atoms with Crippen LogP contribution < -0.4 is 10.2 Å². The standard InChI is InChI=1S/C13H18N2O/c1-3-14-11-8-13(16)15(9-11)12-6-4-10(2)5-7-12/h4-7,11,14H,3,8-9H2,1-2H3. The molecule has 0 saturated carbocycles. The fourth-order valence-corrected chi connectivity index (χ4v) is 2.11. The Morgan fingerprint density at radius 1 is 1.38 bits per heavy atom. The van der Waals surface area contributed by atoms with Crippen molar-refractivity contribution in [2.45, 2.75) is 26.3 Å². The average molecular weight is 218 g/mol. The lowest BCUT2D eigenvalue weighted by atomic mass is 10.2. The van der Waals surface area contributed by atoms with Crippen molar-refractivity contribution in [3.8, 4) is 0 Å². The summed E-state index contributed by atoms with van der Waals surface area (Å²) in [6.07, 6.45) is 0.613. The van der Waals surface area contributed by atoms with Crippen LogP contribution in [-0.2, 0) is 4.79 Å². The van der Waals surface area contributed by atoms with Crippen LogP contribution in [-0.4, -0.2) is 25.0 Å². The van der Waals surface area contributed by atoms with Crippen molar-refractivity contribution in [3.05, 3.63) is 29.8 Å². The monoisotopic (exact) mass is 218 g/mol. The minimum Gasteiger partial charge on any atom is -0.312 e. The van der Waals surface area contributed by atoms with Crippen LogP contribution >= 0.6 is 0 Å². The van der Waals surface area contributed by atoms with Crippen LogP contribution in [0.1, 0.15) is 18.9 Å². The van der Waals surface area contributed by atoms with E-state index in [-0.39, 0.29) is 5.91 Å². The Bertz CT molecular complexity index is 372. The van der Waals surface area contributed by atoms with Gasteiger partial charge >= 0.3 is 0 Å². The molecule has 1 aromatic rings. The summed E-state index contributed by atoms with van der Waals surface area (Å²) in [5, 5.41) is 3.32. The van der Waals surface area contributed by atoms with E-state index in [9.17, 15) is 4.79 Å². The molecule has 1 N–H and O–H groups in total. The molecule has 3 heteroatoms. The van der Waals surface area contributed by atoms with E-state index in [1.807, 2.05) is 29.2 Å². The van der Waals surface area contributed by atoms with Gasteiger partial charge in [-0.1, -0.05) is 24.6 Å². The summed E-state index contributed by atoms with van der Waals surface area (Å²) >= 11 is 0. The van der Waals surface area contributed by atoms with Gasteiger partial charge in [0.2, 0.25) is 5.91 Å². The number of anilines is 1. The van der Waals surface area contributed by atoms with Crippen LogP contribution in [0, 0.1) is 6.92 Å². The number of carbonyl (C=O) groups excluding carboxylic acids is 1. The zero-order valence-corrected chi connectivity index (χ0v) is 9.86. The molecule has 0 spiro atoms. The SMILES string of the molecule is CCNC1CC(=O)N(c2ccc(C)cc2)C1. The van der Waals surface area contributed by atoms with E-state index in [1.54, 1.807) is 0 Å². The summed E-state index contributed by atoms with van der Waals surface area (Å²) in [6, 6.07) is 8.42. The summed E-state index contributed by atoms with van der Waals surface area (Å²) in [5.74, 6) is 0.217. The maximum Gasteiger partial charge on any atom is 0.228 e. The highest BCUT2D eigenvalue weighted by atomic mass is 16.2. The van der Waals surface area contributed by atoms with E-state index in [2.05, 4.69) is 19.2 Å². The Kier molecular flexibility index (Phi) is 3.25. The van der Waals surface area contributed by atoms with Gasteiger partial charge in [0.15, 0.2) is 0 Å². The van der Waals surface area contributed by atoms with Gasteiger partial charge in [-0.05, 0) is 25.6 Å². The van der Waals surface area contributed by atoms with E-state index in [0.29, 0.717) is 12.5 Å². The molecule has 1 fully saturated rings. The molecule has 1 aromatic carbocycles. The van der Waals surface area contributed by atoms with E-state index < -0.39 is 0 Å². The van der Waals surface area contributed by atoms with Gasteiger partial charge in [-0.3, -0.25) is 4.79 Å². The van der Waals surface area contributed by atoms with Crippen molar-refractivity contribution in [2.75, 3.05) is 18.0 Å². The molecule has 0 aliphatic carbocycles. The van der Waals surface area contributed by atoms with Gasteiger partial charge in [-0.2, -0.15) is 0 Å². The summed E-state index contributed by atoms with van der Waals surface area (Å²) in [6.45, 7) is 5.82. The Morgan fingerprint density at radius 3 is 2.69 bits per heavy atom. The van der Waals surface area contributed by atoms with Gasteiger partial charge in [0.1, 0.15) is 0 Å². The second-order valence-corrected chi connectivity index (χ2v) is 4.30. The number of hydrogen-bond donors (Lipinski definition) is 1. The predicted molar refractivity (Wildman–Crippen MR) is 65.6 cm³/mol. The Balaban J connectivity index is 2.10. The normalized spacial score (nSPS) is 20.5. The highest BCUT2D eigenvalue weighted by Crippen LogP contribution is 2.21. The maximum atomic E-state index is 11.8. The molecule has 2 rings (SSSR count). The molecule has 1 amide bonds. The molecule has 1 aliphatic heterocycles. The number of rotatable bonds is 3. The number of carbonyl (C=O) groups is 1. The molecule has 0 aromatic heterocycles. The first kappa shape index (κ1) is 11.1.